The third-order valence-corrected chi connectivity index (χ3v) is 6.42. The average Bonchev–Trinajstić information content (AvgIpc) is 2.50. The van der Waals surface area contributed by atoms with Crippen LogP contribution in [0.25, 0.3) is 9.65 Å². The molecule has 0 aliphatic rings. The van der Waals surface area contributed by atoms with Gasteiger partial charge in [-0.1, -0.05) is 0 Å². The first-order chi connectivity index (χ1) is 6.65. The zero-order chi connectivity index (χ0) is 10.3. The van der Waals surface area contributed by atoms with Gasteiger partial charge in [0.15, 0.2) is 0 Å². The van der Waals surface area contributed by atoms with Crippen molar-refractivity contribution in [2.75, 3.05) is 0 Å². The monoisotopic (exact) mass is 311 g/mol. The van der Waals surface area contributed by atoms with Crippen molar-refractivity contribution in [3.05, 3.63) is 26.8 Å². The molecule has 0 saturated heterocycles. The Hall–Kier alpha value is 0.209. The summed E-state index contributed by atoms with van der Waals surface area (Å²) in [7, 11) is 0. The van der Waals surface area contributed by atoms with E-state index in [2.05, 4.69) is 10.5 Å². The molecule has 0 radical (unpaired) electrons. The van der Waals surface area contributed by atoms with Gasteiger partial charge in [-0.25, -0.2) is 0 Å². The van der Waals surface area contributed by atoms with Gasteiger partial charge in [0.1, 0.15) is 0 Å². The molecule has 0 aliphatic carbocycles. The molecule has 1 aromatic carbocycles. The fourth-order valence-electron chi connectivity index (χ4n) is 1.28. The number of aryl methyl sites for hydroxylation is 1. The van der Waals surface area contributed by atoms with E-state index in [1.54, 1.807) is 0 Å². The van der Waals surface area contributed by atoms with Gasteiger partial charge in [-0.2, -0.15) is 0 Å². The molecule has 14 heavy (non-hydrogen) atoms. The van der Waals surface area contributed by atoms with Crippen LogP contribution in [0, 0.1) is 4.64 Å². The Balaban J connectivity index is 2.92. The molecular weight excluding hydrogens is 304 g/mol. The molecular formula is C9H7Cl2NSSe. The first-order valence-corrected chi connectivity index (χ1v) is 6.91. The Bertz CT molecular complexity index is 543. The summed E-state index contributed by atoms with van der Waals surface area (Å²) in [6.07, 6.45) is 0. The van der Waals surface area contributed by atoms with Crippen molar-refractivity contribution in [1.82, 2.24) is 3.56 Å². The van der Waals surface area contributed by atoms with Gasteiger partial charge in [-0.3, -0.25) is 0 Å². The van der Waals surface area contributed by atoms with Crippen LogP contribution in [0.5, 0.6) is 0 Å². The van der Waals surface area contributed by atoms with Crippen molar-refractivity contribution >= 4 is 59.8 Å². The minimum atomic E-state index is 0.198. The molecule has 0 bridgehead atoms. The van der Waals surface area contributed by atoms with E-state index >= 15 is 0 Å². The van der Waals surface area contributed by atoms with Crippen LogP contribution in [0.4, 0.5) is 0 Å². The molecule has 0 N–H and O–H groups in total. The van der Waals surface area contributed by atoms with E-state index in [0.717, 1.165) is 20.8 Å². The zero-order valence-electron chi connectivity index (χ0n) is 7.38. The normalized spacial score (nSPS) is 11.1. The van der Waals surface area contributed by atoms with E-state index in [1.807, 2.05) is 12.1 Å². The van der Waals surface area contributed by atoms with Gasteiger partial charge in [0, 0.05) is 0 Å². The molecule has 1 aromatic heterocycles. The molecule has 5 heteroatoms. The molecule has 0 aliphatic heterocycles. The van der Waals surface area contributed by atoms with Crippen molar-refractivity contribution in [3.63, 3.8) is 0 Å². The fraction of sp³-hybridized carbons (Fsp3) is 0.222. The molecule has 74 valence electrons. The van der Waals surface area contributed by atoms with Crippen LogP contribution in [0.1, 0.15) is 6.92 Å². The number of aromatic nitrogens is 1. The predicted molar refractivity (Wildman–Crippen MR) is 65.4 cm³/mol. The topological polar surface area (TPSA) is 4.93 Å². The van der Waals surface area contributed by atoms with E-state index in [0.29, 0.717) is 10.0 Å². The van der Waals surface area contributed by atoms with Gasteiger partial charge in [0.05, 0.1) is 0 Å². The molecule has 1 nitrogen and oxygen atoms in total. The summed E-state index contributed by atoms with van der Waals surface area (Å²) in [6, 6.07) is 3.77. The van der Waals surface area contributed by atoms with Crippen LogP contribution in [0.2, 0.25) is 10.0 Å². The first-order valence-electron chi connectivity index (χ1n) is 4.13. The number of rotatable bonds is 1. The average molecular weight is 311 g/mol. The number of fused-ring (bicyclic) bond motifs is 1. The van der Waals surface area contributed by atoms with Crippen LogP contribution in [0.15, 0.2) is 12.1 Å². The summed E-state index contributed by atoms with van der Waals surface area (Å²) in [5, 5.41) is 2.37. The van der Waals surface area contributed by atoms with Crippen molar-refractivity contribution < 1.29 is 0 Å². The SMILES string of the molecule is CCn1[se]c2c(Cl)c(Cl)ccc2c1=S. The summed E-state index contributed by atoms with van der Waals surface area (Å²) in [4.78, 5) is 0. The molecule has 0 unspecified atom stereocenters. The molecule has 0 saturated carbocycles. The van der Waals surface area contributed by atoms with Crippen LogP contribution < -0.4 is 0 Å². The maximum absolute atomic E-state index is 6.12. The van der Waals surface area contributed by atoms with Crippen molar-refractivity contribution in [2.45, 2.75) is 13.5 Å². The molecule has 0 fully saturated rings. The standard InChI is InChI=1S/C9H7Cl2NSSe/c1-2-12-9(13)5-3-4-6(10)7(11)8(5)14-12/h3-4H,2H2,1H3. The quantitative estimate of drug-likeness (QED) is 0.573. The Kier molecular flexibility index (Phi) is 3.06. The molecule has 2 rings (SSSR count). The van der Waals surface area contributed by atoms with Gasteiger partial charge >= 0.3 is 104 Å². The zero-order valence-corrected chi connectivity index (χ0v) is 11.4. The van der Waals surface area contributed by atoms with Gasteiger partial charge in [0.25, 0.3) is 0 Å². The summed E-state index contributed by atoms with van der Waals surface area (Å²) < 4.78 is 4.20. The van der Waals surface area contributed by atoms with E-state index in [-0.39, 0.29) is 14.7 Å². The van der Waals surface area contributed by atoms with Crippen LogP contribution in [0.3, 0.4) is 0 Å². The fourth-order valence-corrected chi connectivity index (χ4v) is 4.62. The third kappa shape index (κ3) is 1.58. The Labute approximate surface area is 103 Å². The summed E-state index contributed by atoms with van der Waals surface area (Å²) in [5.41, 5.74) is 0. The molecule has 0 spiro atoms. The molecule has 1 heterocycles. The van der Waals surface area contributed by atoms with Crippen molar-refractivity contribution in [1.29, 1.82) is 0 Å². The van der Waals surface area contributed by atoms with Crippen LogP contribution in [-0.4, -0.2) is 18.3 Å². The number of hydrogen-bond acceptors (Lipinski definition) is 1. The number of hydrogen-bond donors (Lipinski definition) is 0. The molecule has 0 amide bonds. The maximum atomic E-state index is 6.12. The van der Waals surface area contributed by atoms with Crippen LogP contribution >= 0.6 is 35.4 Å². The Morgan fingerprint density at radius 3 is 2.79 bits per heavy atom. The predicted octanol–water partition coefficient (Wildman–Crippen LogP) is 3.75. The molecule has 2 aromatic rings. The van der Waals surface area contributed by atoms with E-state index in [4.69, 9.17) is 35.4 Å². The second-order valence-corrected chi connectivity index (χ2v) is 6.17. The summed E-state index contributed by atoms with van der Waals surface area (Å²) in [6.45, 7) is 3.02. The Morgan fingerprint density at radius 1 is 1.43 bits per heavy atom. The van der Waals surface area contributed by atoms with Crippen molar-refractivity contribution in [3.8, 4) is 0 Å². The summed E-state index contributed by atoms with van der Waals surface area (Å²) >= 11 is 17.6. The number of nitrogens with zero attached hydrogens (tertiary/aromatic N) is 1. The van der Waals surface area contributed by atoms with Gasteiger partial charge in [0.2, 0.25) is 0 Å². The van der Waals surface area contributed by atoms with Crippen LogP contribution in [-0.2, 0) is 6.54 Å². The van der Waals surface area contributed by atoms with Gasteiger partial charge in [-0.05, 0) is 0 Å². The van der Waals surface area contributed by atoms with Gasteiger partial charge < -0.3 is 0 Å². The van der Waals surface area contributed by atoms with E-state index in [9.17, 15) is 0 Å². The second kappa shape index (κ2) is 3.99. The number of halogens is 2. The first kappa shape index (κ1) is 10.7. The minimum absolute atomic E-state index is 0.198. The van der Waals surface area contributed by atoms with E-state index < -0.39 is 0 Å². The third-order valence-electron chi connectivity index (χ3n) is 2.00. The second-order valence-electron chi connectivity index (χ2n) is 2.83. The van der Waals surface area contributed by atoms with Crippen molar-refractivity contribution in [2.24, 2.45) is 0 Å². The molecule has 0 atom stereocenters. The number of benzene rings is 1. The van der Waals surface area contributed by atoms with Gasteiger partial charge in [-0.15, -0.1) is 0 Å². The summed E-state index contributed by atoms with van der Waals surface area (Å²) in [5.74, 6) is 0. The van der Waals surface area contributed by atoms with E-state index in [1.165, 1.54) is 0 Å². The Morgan fingerprint density at radius 2 is 2.14 bits per heavy atom.